The number of rotatable bonds is 6. The van der Waals surface area contributed by atoms with E-state index in [4.69, 9.17) is 19.9 Å². The van der Waals surface area contributed by atoms with E-state index in [0.29, 0.717) is 18.1 Å². The van der Waals surface area contributed by atoms with Gasteiger partial charge in [-0.2, -0.15) is 0 Å². The summed E-state index contributed by atoms with van der Waals surface area (Å²) in [7, 11) is 3.27. The molecule has 0 bridgehead atoms. The van der Waals surface area contributed by atoms with Gasteiger partial charge in [0, 0.05) is 11.6 Å². The van der Waals surface area contributed by atoms with Crippen molar-refractivity contribution in [3.05, 3.63) is 53.6 Å². The van der Waals surface area contributed by atoms with Crippen molar-refractivity contribution in [2.45, 2.75) is 19.6 Å². The third-order valence-corrected chi connectivity index (χ3v) is 3.28. The largest absolute Gasteiger partial charge is 0.496 e. The van der Waals surface area contributed by atoms with E-state index >= 15 is 0 Å². The summed E-state index contributed by atoms with van der Waals surface area (Å²) >= 11 is 0. The average Bonchev–Trinajstić information content (AvgIpc) is 2.52. The van der Waals surface area contributed by atoms with Gasteiger partial charge in [0.05, 0.1) is 14.2 Å². The Morgan fingerprint density at radius 3 is 2.24 bits per heavy atom. The minimum Gasteiger partial charge on any atom is -0.496 e. The number of ether oxygens (including phenoxy) is 3. The van der Waals surface area contributed by atoms with Gasteiger partial charge in [-0.1, -0.05) is 18.2 Å². The number of benzene rings is 2. The molecule has 1 unspecified atom stereocenters. The predicted molar refractivity (Wildman–Crippen MR) is 82.9 cm³/mol. The molecule has 112 valence electrons. The second kappa shape index (κ2) is 6.99. The molecule has 0 fully saturated rings. The lowest BCUT2D eigenvalue weighted by Crippen LogP contribution is -2.07. The van der Waals surface area contributed by atoms with E-state index in [0.717, 1.165) is 16.9 Å². The molecule has 4 nitrogen and oxygen atoms in total. The van der Waals surface area contributed by atoms with E-state index in [1.807, 2.05) is 49.4 Å². The van der Waals surface area contributed by atoms with Crippen molar-refractivity contribution in [1.82, 2.24) is 0 Å². The van der Waals surface area contributed by atoms with E-state index in [9.17, 15) is 0 Å². The van der Waals surface area contributed by atoms with Crippen LogP contribution in [0.4, 0.5) is 0 Å². The Morgan fingerprint density at radius 2 is 1.62 bits per heavy atom. The zero-order valence-electron chi connectivity index (χ0n) is 12.6. The van der Waals surface area contributed by atoms with Gasteiger partial charge in [0.1, 0.15) is 12.4 Å². The van der Waals surface area contributed by atoms with Gasteiger partial charge in [-0.05, 0) is 36.8 Å². The van der Waals surface area contributed by atoms with Crippen molar-refractivity contribution < 1.29 is 14.2 Å². The highest BCUT2D eigenvalue weighted by Gasteiger charge is 2.09. The van der Waals surface area contributed by atoms with Crippen molar-refractivity contribution >= 4 is 0 Å². The monoisotopic (exact) mass is 287 g/mol. The minimum absolute atomic E-state index is 0.0269. The lowest BCUT2D eigenvalue weighted by molar-refractivity contribution is 0.278. The van der Waals surface area contributed by atoms with Crippen LogP contribution in [0.3, 0.4) is 0 Å². The third kappa shape index (κ3) is 3.67. The Morgan fingerprint density at radius 1 is 0.952 bits per heavy atom. The number of hydrogen-bond donors (Lipinski definition) is 1. The molecule has 2 aromatic rings. The highest BCUT2D eigenvalue weighted by Crippen LogP contribution is 2.29. The normalized spacial score (nSPS) is 11.8. The van der Waals surface area contributed by atoms with Gasteiger partial charge in [0.2, 0.25) is 0 Å². The number of nitrogens with two attached hydrogens (primary N) is 1. The summed E-state index contributed by atoms with van der Waals surface area (Å²) < 4.78 is 16.5. The van der Waals surface area contributed by atoms with Crippen molar-refractivity contribution in [3.63, 3.8) is 0 Å². The number of para-hydroxylation sites is 2. The third-order valence-electron chi connectivity index (χ3n) is 3.28. The van der Waals surface area contributed by atoms with Crippen molar-refractivity contribution in [2.24, 2.45) is 5.73 Å². The Hall–Kier alpha value is -2.20. The molecule has 4 heteroatoms. The van der Waals surface area contributed by atoms with Gasteiger partial charge in [-0.25, -0.2) is 0 Å². The van der Waals surface area contributed by atoms with Crippen molar-refractivity contribution in [1.29, 1.82) is 0 Å². The molecule has 0 aliphatic carbocycles. The zero-order valence-corrected chi connectivity index (χ0v) is 12.6. The van der Waals surface area contributed by atoms with Crippen LogP contribution in [0, 0.1) is 0 Å². The summed E-state index contributed by atoms with van der Waals surface area (Å²) in [6.45, 7) is 2.34. The van der Waals surface area contributed by atoms with E-state index in [1.165, 1.54) is 0 Å². The fourth-order valence-corrected chi connectivity index (χ4v) is 2.09. The summed E-state index contributed by atoms with van der Waals surface area (Å²) in [5.41, 5.74) is 7.93. The molecule has 2 aromatic carbocycles. The summed E-state index contributed by atoms with van der Waals surface area (Å²) in [4.78, 5) is 0. The van der Waals surface area contributed by atoms with E-state index < -0.39 is 0 Å². The molecule has 0 saturated heterocycles. The van der Waals surface area contributed by atoms with Gasteiger partial charge in [-0.15, -0.1) is 0 Å². The van der Waals surface area contributed by atoms with Crippen LogP contribution in [-0.4, -0.2) is 14.2 Å². The Kier molecular flexibility index (Phi) is 5.06. The molecular formula is C17H21NO3. The fourth-order valence-electron chi connectivity index (χ4n) is 2.09. The number of methoxy groups -OCH3 is 2. The summed E-state index contributed by atoms with van der Waals surface area (Å²) in [5, 5.41) is 0. The molecule has 0 saturated carbocycles. The van der Waals surface area contributed by atoms with Crippen LogP contribution in [0.5, 0.6) is 17.2 Å². The Balaban J connectivity index is 2.20. The van der Waals surface area contributed by atoms with Crippen LogP contribution in [0.15, 0.2) is 42.5 Å². The first kappa shape index (κ1) is 15.2. The fraction of sp³-hybridized carbons (Fsp3) is 0.294. The van der Waals surface area contributed by atoms with E-state index in [2.05, 4.69) is 0 Å². The van der Waals surface area contributed by atoms with Crippen LogP contribution < -0.4 is 19.9 Å². The predicted octanol–water partition coefficient (Wildman–Crippen LogP) is 3.30. The highest BCUT2D eigenvalue weighted by molar-refractivity contribution is 5.41. The molecule has 0 aliphatic rings. The lowest BCUT2D eigenvalue weighted by atomic mass is 10.1. The molecule has 2 rings (SSSR count). The van der Waals surface area contributed by atoms with E-state index in [-0.39, 0.29) is 6.04 Å². The van der Waals surface area contributed by atoms with Gasteiger partial charge < -0.3 is 19.9 Å². The maximum absolute atomic E-state index is 5.93. The first-order chi connectivity index (χ1) is 10.2. The SMILES string of the molecule is COc1ccc(C(C)N)cc1COc1ccccc1OC. The molecule has 0 aromatic heterocycles. The Labute approximate surface area is 125 Å². The van der Waals surface area contributed by atoms with Crippen LogP contribution in [0.2, 0.25) is 0 Å². The van der Waals surface area contributed by atoms with Gasteiger partial charge in [-0.3, -0.25) is 0 Å². The summed E-state index contributed by atoms with van der Waals surface area (Å²) in [5.74, 6) is 2.20. The molecular weight excluding hydrogens is 266 g/mol. The van der Waals surface area contributed by atoms with Gasteiger partial charge in [0.15, 0.2) is 11.5 Å². The minimum atomic E-state index is -0.0269. The van der Waals surface area contributed by atoms with Crippen LogP contribution in [0.1, 0.15) is 24.1 Å². The van der Waals surface area contributed by atoms with Crippen LogP contribution >= 0.6 is 0 Å². The molecule has 0 spiro atoms. The summed E-state index contributed by atoms with van der Waals surface area (Å²) in [6.07, 6.45) is 0. The molecule has 21 heavy (non-hydrogen) atoms. The average molecular weight is 287 g/mol. The van der Waals surface area contributed by atoms with Gasteiger partial charge in [0.25, 0.3) is 0 Å². The van der Waals surface area contributed by atoms with Crippen molar-refractivity contribution in [3.8, 4) is 17.2 Å². The quantitative estimate of drug-likeness (QED) is 0.885. The maximum atomic E-state index is 5.93. The summed E-state index contributed by atoms with van der Waals surface area (Å²) in [6, 6.07) is 13.4. The van der Waals surface area contributed by atoms with Crippen molar-refractivity contribution in [2.75, 3.05) is 14.2 Å². The molecule has 2 N–H and O–H groups in total. The second-order valence-electron chi connectivity index (χ2n) is 4.80. The first-order valence-electron chi connectivity index (χ1n) is 6.84. The van der Waals surface area contributed by atoms with E-state index in [1.54, 1.807) is 14.2 Å². The number of hydrogen-bond acceptors (Lipinski definition) is 4. The van der Waals surface area contributed by atoms with Crippen LogP contribution in [-0.2, 0) is 6.61 Å². The molecule has 0 heterocycles. The second-order valence-corrected chi connectivity index (χ2v) is 4.80. The topological polar surface area (TPSA) is 53.7 Å². The lowest BCUT2D eigenvalue weighted by Gasteiger charge is -2.15. The molecule has 0 aliphatic heterocycles. The maximum Gasteiger partial charge on any atom is 0.161 e. The van der Waals surface area contributed by atoms with Crippen LogP contribution in [0.25, 0.3) is 0 Å². The highest BCUT2D eigenvalue weighted by atomic mass is 16.5. The standard InChI is InChI=1S/C17H21NO3/c1-12(18)13-8-9-15(19-2)14(10-13)11-21-17-7-5-4-6-16(17)20-3/h4-10,12H,11,18H2,1-3H3. The first-order valence-corrected chi connectivity index (χ1v) is 6.84. The van der Waals surface area contributed by atoms with Gasteiger partial charge >= 0.3 is 0 Å². The molecule has 1 atom stereocenters. The molecule has 0 amide bonds. The smallest absolute Gasteiger partial charge is 0.161 e. The zero-order chi connectivity index (χ0) is 15.2. The molecule has 0 radical (unpaired) electrons. The Bertz CT molecular complexity index is 596.